The van der Waals surface area contributed by atoms with Crippen molar-refractivity contribution >= 4 is 14.1 Å². The van der Waals surface area contributed by atoms with Crippen molar-refractivity contribution in [3.63, 3.8) is 0 Å². The third kappa shape index (κ3) is 3.66. The fraction of sp³-hybridized carbons (Fsp3) is 0.529. The van der Waals surface area contributed by atoms with Crippen molar-refractivity contribution in [1.29, 1.82) is 0 Å². The summed E-state index contributed by atoms with van der Waals surface area (Å²) in [5.41, 5.74) is 3.75. The molecule has 20 heavy (non-hydrogen) atoms. The molecule has 0 saturated heterocycles. The molecule has 0 bridgehead atoms. The van der Waals surface area contributed by atoms with Gasteiger partial charge in [0.25, 0.3) is 0 Å². The lowest BCUT2D eigenvalue weighted by molar-refractivity contribution is 0.349. The molecule has 1 radical (unpaired) electrons. The van der Waals surface area contributed by atoms with Gasteiger partial charge in [0, 0.05) is 11.1 Å². The maximum atomic E-state index is 12.2. The number of benzene rings is 1. The monoisotopic (exact) mass is 291 g/mol. The Morgan fingerprint density at radius 3 is 2.05 bits per heavy atom. The van der Waals surface area contributed by atoms with E-state index in [4.69, 9.17) is 4.43 Å². The highest BCUT2D eigenvalue weighted by molar-refractivity contribution is 6.70. The van der Waals surface area contributed by atoms with Crippen LogP contribution in [0.5, 0.6) is 5.75 Å². The molecule has 0 unspecified atom stereocenters. The van der Waals surface area contributed by atoms with E-state index in [1.807, 2.05) is 6.92 Å². The largest absolute Gasteiger partial charge is 0.544 e. The van der Waals surface area contributed by atoms with Crippen molar-refractivity contribution in [3.05, 3.63) is 34.9 Å². The Kier molecular flexibility index (Phi) is 4.45. The molecule has 0 fully saturated rings. The molecule has 0 atom stereocenters. The van der Waals surface area contributed by atoms with Gasteiger partial charge in [0.05, 0.1) is 0 Å². The molecule has 0 aliphatic rings. The van der Waals surface area contributed by atoms with Gasteiger partial charge in [-0.25, -0.2) is 0 Å². The highest BCUT2D eigenvalue weighted by atomic mass is 28.4. The van der Waals surface area contributed by atoms with Gasteiger partial charge in [-0.05, 0) is 56.1 Å². The summed E-state index contributed by atoms with van der Waals surface area (Å²) >= 11 is 0. The van der Waals surface area contributed by atoms with E-state index >= 15 is 0 Å². The van der Waals surface area contributed by atoms with Crippen molar-refractivity contribution in [2.75, 3.05) is 0 Å². The molecule has 1 aromatic rings. The van der Waals surface area contributed by atoms with Crippen LogP contribution in [-0.2, 0) is 14.9 Å². The molecule has 2 nitrogen and oxygen atoms in total. The van der Waals surface area contributed by atoms with E-state index in [0.29, 0.717) is 5.76 Å². The predicted octanol–water partition coefficient (Wildman–Crippen LogP) is 5.57. The molecule has 0 aliphatic carbocycles. The van der Waals surface area contributed by atoms with E-state index in [9.17, 15) is 5.11 Å². The highest BCUT2D eigenvalue weighted by Crippen LogP contribution is 2.38. The minimum Gasteiger partial charge on any atom is -0.544 e. The summed E-state index contributed by atoms with van der Waals surface area (Å²) < 4.78 is 6.01. The Balaban J connectivity index is 3.47. The zero-order valence-corrected chi connectivity index (χ0v) is 15.1. The van der Waals surface area contributed by atoms with E-state index in [1.54, 1.807) is 6.07 Å². The second-order valence-corrected chi connectivity index (χ2v) is 11.9. The molecule has 0 aromatic heterocycles. The van der Waals surface area contributed by atoms with Crippen molar-refractivity contribution in [3.8, 4) is 5.75 Å². The summed E-state index contributed by atoms with van der Waals surface area (Å²) in [4.78, 5) is 0. The first-order valence-corrected chi connectivity index (χ1v) is 10.5. The molecule has 1 rings (SSSR count). The van der Waals surface area contributed by atoms with Crippen LogP contribution in [0.1, 0.15) is 43.0 Å². The van der Waals surface area contributed by atoms with Gasteiger partial charge in [0.2, 0.25) is 8.32 Å². The van der Waals surface area contributed by atoms with Crippen molar-refractivity contribution in [1.82, 2.24) is 0 Å². The van der Waals surface area contributed by atoms with Gasteiger partial charge < -0.3 is 4.43 Å². The molecule has 0 saturated carbocycles. The predicted molar refractivity (Wildman–Crippen MR) is 88.2 cm³/mol. The maximum absolute atomic E-state index is 12.2. The SMILES string of the molecule is C=C(O[Si](C)(C)C)c1c(C)c([O])cc(C(C)(C)C)c1C. The Hall–Kier alpha value is -1.22. The maximum Gasteiger partial charge on any atom is 0.242 e. The zero-order chi connectivity index (χ0) is 15.9. The first-order chi connectivity index (χ1) is 8.84. The lowest BCUT2D eigenvalue weighted by Crippen LogP contribution is -2.25. The summed E-state index contributed by atoms with van der Waals surface area (Å²) in [5, 5.41) is 12.2. The van der Waals surface area contributed by atoms with Crippen LogP contribution in [0, 0.1) is 13.8 Å². The first-order valence-electron chi connectivity index (χ1n) is 7.04. The fourth-order valence-electron chi connectivity index (χ4n) is 2.50. The minimum absolute atomic E-state index is 0.0644. The summed E-state index contributed by atoms with van der Waals surface area (Å²) in [6, 6.07) is 1.76. The molecule has 111 valence electrons. The Labute approximate surface area is 124 Å². The van der Waals surface area contributed by atoms with Gasteiger partial charge >= 0.3 is 0 Å². The third-order valence-corrected chi connectivity index (χ3v) is 4.17. The van der Waals surface area contributed by atoms with Gasteiger partial charge in [-0.1, -0.05) is 27.4 Å². The van der Waals surface area contributed by atoms with Crippen LogP contribution in [0.2, 0.25) is 19.6 Å². The molecule has 0 amide bonds. The zero-order valence-electron chi connectivity index (χ0n) is 14.1. The van der Waals surface area contributed by atoms with Gasteiger partial charge in [-0.2, -0.15) is 0 Å². The molecular weight excluding hydrogens is 264 g/mol. The smallest absolute Gasteiger partial charge is 0.242 e. The van der Waals surface area contributed by atoms with Crippen LogP contribution in [-0.4, -0.2) is 8.32 Å². The number of hydrogen-bond acceptors (Lipinski definition) is 1. The van der Waals surface area contributed by atoms with Gasteiger partial charge in [-0.15, -0.1) is 0 Å². The van der Waals surface area contributed by atoms with Crippen LogP contribution in [0.3, 0.4) is 0 Å². The van der Waals surface area contributed by atoms with Crippen molar-refractivity contribution in [2.45, 2.75) is 59.7 Å². The average molecular weight is 291 g/mol. The average Bonchev–Trinajstić information content (AvgIpc) is 2.19. The summed E-state index contributed by atoms with van der Waals surface area (Å²) in [6.45, 7) is 20.7. The lowest BCUT2D eigenvalue weighted by Gasteiger charge is -2.28. The van der Waals surface area contributed by atoms with Gasteiger partial charge in [-0.3, -0.25) is 5.11 Å². The quantitative estimate of drug-likeness (QED) is 0.529. The molecule has 0 spiro atoms. The van der Waals surface area contributed by atoms with Crippen LogP contribution >= 0.6 is 0 Å². The molecule has 3 heteroatoms. The van der Waals surface area contributed by atoms with Gasteiger partial charge in [0.15, 0.2) is 5.75 Å². The summed E-state index contributed by atoms with van der Waals surface area (Å²) in [6.07, 6.45) is 0. The van der Waals surface area contributed by atoms with Crippen molar-refractivity contribution in [2.24, 2.45) is 0 Å². The van der Waals surface area contributed by atoms with Crippen molar-refractivity contribution < 1.29 is 9.53 Å². The Morgan fingerprint density at radius 2 is 1.65 bits per heavy atom. The van der Waals surface area contributed by atoms with Crippen LogP contribution in [0.25, 0.3) is 5.76 Å². The third-order valence-electron chi connectivity index (χ3n) is 3.32. The lowest BCUT2D eigenvalue weighted by atomic mass is 9.81. The second-order valence-electron chi connectivity index (χ2n) is 7.43. The molecule has 1 aromatic carbocycles. The molecular formula is C17H27O2Si. The number of hydrogen-bond donors (Lipinski definition) is 0. The van der Waals surface area contributed by atoms with Crippen LogP contribution in [0.4, 0.5) is 0 Å². The normalized spacial score (nSPS) is 12.4. The van der Waals surface area contributed by atoms with E-state index in [2.05, 4.69) is 53.9 Å². The van der Waals surface area contributed by atoms with E-state index < -0.39 is 8.32 Å². The first kappa shape index (κ1) is 16.8. The highest BCUT2D eigenvalue weighted by Gasteiger charge is 2.25. The summed E-state index contributed by atoms with van der Waals surface area (Å²) in [5.74, 6) is 0.707. The fourth-order valence-corrected chi connectivity index (χ4v) is 3.35. The second kappa shape index (κ2) is 5.28. The summed E-state index contributed by atoms with van der Waals surface area (Å²) in [7, 11) is -1.73. The Bertz CT molecular complexity index is 531. The van der Waals surface area contributed by atoms with E-state index in [0.717, 1.165) is 22.3 Å². The van der Waals surface area contributed by atoms with E-state index in [-0.39, 0.29) is 11.2 Å². The van der Waals surface area contributed by atoms with Crippen LogP contribution in [0.15, 0.2) is 12.6 Å². The number of rotatable bonds is 3. The Morgan fingerprint density at radius 1 is 1.15 bits per heavy atom. The van der Waals surface area contributed by atoms with Crippen LogP contribution < -0.4 is 0 Å². The topological polar surface area (TPSA) is 29.1 Å². The molecule has 0 heterocycles. The standard InChI is InChI=1S/C17H27O2Si/c1-11-14(17(4,5)6)10-15(18)12(2)16(11)13(3)19-20(7,8)9/h10H,3H2,1-2,4-9H3. The van der Waals surface area contributed by atoms with Gasteiger partial charge in [0.1, 0.15) is 5.76 Å². The minimum atomic E-state index is -1.73. The molecule has 0 aliphatic heterocycles. The molecule has 0 N–H and O–H groups in total. The van der Waals surface area contributed by atoms with E-state index in [1.165, 1.54) is 0 Å².